The van der Waals surface area contributed by atoms with E-state index in [1.807, 2.05) is 0 Å². The van der Waals surface area contributed by atoms with Crippen LogP contribution in [-0.4, -0.2) is 31.3 Å². The van der Waals surface area contributed by atoms with Gasteiger partial charge in [0.05, 0.1) is 26.2 Å². The summed E-state index contributed by atoms with van der Waals surface area (Å²) in [4.78, 5) is 4.17. The lowest BCUT2D eigenvalue weighted by molar-refractivity contribution is -0.914. The van der Waals surface area contributed by atoms with E-state index in [0.29, 0.717) is 5.75 Å². The van der Waals surface area contributed by atoms with Crippen LogP contribution >= 0.6 is 0 Å². The maximum absolute atomic E-state index is 11.0. The highest BCUT2D eigenvalue weighted by Gasteiger charge is 2.28. The zero-order valence-electron chi connectivity index (χ0n) is 20.3. The first-order valence-electron chi connectivity index (χ1n) is 11.4. The Labute approximate surface area is 183 Å². The SMILES string of the molecule is Cc1cccc(N2CC[NH+](Cc3cc(C(C)(C)C)c(O)c(C(C)(C)C)c3)CC2)c1C. The van der Waals surface area contributed by atoms with Crippen LogP contribution in [0.3, 0.4) is 0 Å². The second kappa shape index (κ2) is 8.26. The standard InChI is InChI=1S/C27H40N2O/c1-19-10-9-11-24(20(19)2)29-14-12-28(13-15-29)18-21-16-22(26(3,4)5)25(30)23(17-21)27(6,7)8/h9-11,16-17,30H,12-15,18H2,1-8H3/p+1. The van der Waals surface area contributed by atoms with Gasteiger partial charge in [-0.15, -0.1) is 0 Å². The van der Waals surface area contributed by atoms with Gasteiger partial charge in [0.25, 0.3) is 0 Å². The molecule has 30 heavy (non-hydrogen) atoms. The van der Waals surface area contributed by atoms with Crippen molar-refractivity contribution < 1.29 is 10.0 Å². The van der Waals surface area contributed by atoms with Crippen LogP contribution in [0.2, 0.25) is 0 Å². The minimum absolute atomic E-state index is 0.0726. The Hall–Kier alpha value is -2.00. The van der Waals surface area contributed by atoms with Crippen molar-refractivity contribution in [2.45, 2.75) is 72.8 Å². The molecule has 0 saturated carbocycles. The molecular formula is C27H41N2O+. The van der Waals surface area contributed by atoms with E-state index >= 15 is 0 Å². The molecule has 2 N–H and O–H groups in total. The monoisotopic (exact) mass is 409 g/mol. The molecule has 1 saturated heterocycles. The maximum Gasteiger partial charge on any atom is 0.123 e. The van der Waals surface area contributed by atoms with Crippen molar-refractivity contribution in [3.63, 3.8) is 0 Å². The van der Waals surface area contributed by atoms with E-state index in [0.717, 1.165) is 43.9 Å². The maximum atomic E-state index is 11.0. The third-order valence-corrected chi connectivity index (χ3v) is 6.63. The summed E-state index contributed by atoms with van der Waals surface area (Å²) in [6.07, 6.45) is 0. The molecule has 0 amide bonds. The second-order valence-electron chi connectivity index (χ2n) is 11.2. The Morgan fingerprint density at radius 1 is 0.900 bits per heavy atom. The van der Waals surface area contributed by atoms with E-state index in [1.54, 1.807) is 4.90 Å². The largest absolute Gasteiger partial charge is 0.507 e. The number of hydrogen-bond donors (Lipinski definition) is 2. The number of benzene rings is 2. The number of rotatable bonds is 3. The minimum atomic E-state index is -0.0726. The van der Waals surface area contributed by atoms with Crippen molar-refractivity contribution in [3.05, 3.63) is 58.1 Å². The summed E-state index contributed by atoms with van der Waals surface area (Å²) in [7, 11) is 0. The van der Waals surface area contributed by atoms with Gasteiger partial charge in [-0.1, -0.05) is 53.7 Å². The summed E-state index contributed by atoms with van der Waals surface area (Å²) in [6.45, 7) is 23.1. The number of phenolic OH excluding ortho intramolecular Hbond substituents is 1. The number of nitrogens with one attached hydrogen (secondary N) is 1. The van der Waals surface area contributed by atoms with E-state index in [2.05, 4.69) is 90.6 Å². The van der Waals surface area contributed by atoms with E-state index in [1.165, 1.54) is 22.4 Å². The highest BCUT2D eigenvalue weighted by molar-refractivity contribution is 5.56. The Bertz CT molecular complexity index is 859. The molecule has 1 heterocycles. The molecule has 1 aliphatic rings. The summed E-state index contributed by atoms with van der Waals surface area (Å²) in [5, 5.41) is 11.0. The van der Waals surface area contributed by atoms with Crippen LogP contribution < -0.4 is 9.80 Å². The zero-order chi connectivity index (χ0) is 22.3. The smallest absolute Gasteiger partial charge is 0.123 e. The van der Waals surface area contributed by atoms with Crippen molar-refractivity contribution >= 4 is 5.69 Å². The number of hydrogen-bond acceptors (Lipinski definition) is 2. The first kappa shape index (κ1) is 22.7. The number of quaternary nitrogens is 1. The third kappa shape index (κ3) is 4.83. The van der Waals surface area contributed by atoms with E-state index in [9.17, 15) is 5.11 Å². The molecule has 164 valence electrons. The highest BCUT2D eigenvalue weighted by Crippen LogP contribution is 2.39. The summed E-state index contributed by atoms with van der Waals surface area (Å²) < 4.78 is 0. The molecular weight excluding hydrogens is 368 g/mol. The van der Waals surface area contributed by atoms with Gasteiger partial charge in [-0.2, -0.15) is 0 Å². The van der Waals surface area contributed by atoms with Crippen molar-refractivity contribution in [2.75, 3.05) is 31.1 Å². The fourth-order valence-corrected chi connectivity index (χ4v) is 4.55. The second-order valence-corrected chi connectivity index (χ2v) is 11.2. The van der Waals surface area contributed by atoms with Gasteiger partial charge < -0.3 is 14.9 Å². The van der Waals surface area contributed by atoms with Gasteiger partial charge in [-0.3, -0.25) is 0 Å². The molecule has 0 bridgehead atoms. The molecule has 0 aromatic heterocycles. The van der Waals surface area contributed by atoms with Gasteiger partial charge in [-0.05, 0) is 54.0 Å². The van der Waals surface area contributed by atoms with Gasteiger partial charge in [0.1, 0.15) is 12.3 Å². The first-order valence-corrected chi connectivity index (χ1v) is 11.4. The van der Waals surface area contributed by atoms with Gasteiger partial charge in [0, 0.05) is 22.4 Å². The van der Waals surface area contributed by atoms with Gasteiger partial charge in [0.2, 0.25) is 0 Å². The summed E-state index contributed by atoms with van der Waals surface area (Å²) in [5.74, 6) is 0.480. The normalized spacial score (nSPS) is 16.2. The quantitative estimate of drug-likeness (QED) is 0.781. The van der Waals surface area contributed by atoms with E-state index < -0.39 is 0 Å². The first-order chi connectivity index (χ1) is 13.9. The molecule has 2 aromatic carbocycles. The van der Waals surface area contributed by atoms with Crippen molar-refractivity contribution in [1.82, 2.24) is 0 Å². The topological polar surface area (TPSA) is 27.9 Å². The number of phenols is 1. The molecule has 3 rings (SSSR count). The average Bonchev–Trinajstić information content (AvgIpc) is 2.64. The molecule has 1 fully saturated rings. The molecule has 2 aromatic rings. The predicted octanol–water partition coefficient (Wildman–Crippen LogP) is 4.51. The lowest BCUT2D eigenvalue weighted by Crippen LogP contribution is -3.13. The van der Waals surface area contributed by atoms with E-state index in [4.69, 9.17) is 0 Å². The lowest BCUT2D eigenvalue weighted by atomic mass is 9.78. The van der Waals surface area contributed by atoms with Crippen molar-refractivity contribution in [1.29, 1.82) is 0 Å². The van der Waals surface area contributed by atoms with Crippen molar-refractivity contribution in [2.24, 2.45) is 0 Å². The van der Waals surface area contributed by atoms with Crippen LogP contribution in [-0.2, 0) is 17.4 Å². The molecule has 0 atom stereocenters. The van der Waals surface area contributed by atoms with E-state index in [-0.39, 0.29) is 10.8 Å². The Morgan fingerprint density at radius 2 is 1.43 bits per heavy atom. The van der Waals surface area contributed by atoms with Crippen LogP contribution in [0, 0.1) is 13.8 Å². The molecule has 0 spiro atoms. The Kier molecular flexibility index (Phi) is 6.25. The van der Waals surface area contributed by atoms with Crippen LogP contribution in [0.4, 0.5) is 5.69 Å². The van der Waals surface area contributed by atoms with Crippen LogP contribution in [0.5, 0.6) is 5.75 Å². The molecule has 1 aliphatic heterocycles. The van der Waals surface area contributed by atoms with Gasteiger partial charge in [0.15, 0.2) is 0 Å². The van der Waals surface area contributed by atoms with Gasteiger partial charge >= 0.3 is 0 Å². The number of nitrogens with zero attached hydrogens (tertiary/aromatic N) is 1. The van der Waals surface area contributed by atoms with Crippen molar-refractivity contribution in [3.8, 4) is 5.75 Å². The highest BCUT2D eigenvalue weighted by atomic mass is 16.3. The number of aryl methyl sites for hydroxylation is 1. The fraction of sp³-hybridized carbons (Fsp3) is 0.556. The third-order valence-electron chi connectivity index (χ3n) is 6.63. The Balaban J connectivity index is 1.78. The number of piperazine rings is 1. The molecule has 0 radical (unpaired) electrons. The predicted molar refractivity (Wildman–Crippen MR) is 128 cm³/mol. The fourth-order valence-electron chi connectivity index (χ4n) is 4.55. The van der Waals surface area contributed by atoms with Crippen LogP contribution in [0.15, 0.2) is 30.3 Å². The molecule has 0 unspecified atom stereocenters. The molecule has 3 heteroatoms. The molecule has 3 nitrogen and oxygen atoms in total. The summed E-state index contributed by atoms with van der Waals surface area (Å²) in [5.41, 5.74) is 7.51. The van der Waals surface area contributed by atoms with Crippen LogP contribution in [0.25, 0.3) is 0 Å². The Morgan fingerprint density at radius 3 is 1.93 bits per heavy atom. The van der Waals surface area contributed by atoms with Gasteiger partial charge in [-0.25, -0.2) is 0 Å². The number of anilines is 1. The lowest BCUT2D eigenvalue weighted by Gasteiger charge is -2.35. The molecule has 0 aliphatic carbocycles. The van der Waals surface area contributed by atoms with Crippen LogP contribution in [0.1, 0.15) is 69.4 Å². The minimum Gasteiger partial charge on any atom is -0.507 e. The number of aromatic hydroxyl groups is 1. The average molecular weight is 410 g/mol. The summed E-state index contributed by atoms with van der Waals surface area (Å²) in [6, 6.07) is 11.1. The summed E-state index contributed by atoms with van der Waals surface area (Å²) >= 11 is 0. The zero-order valence-corrected chi connectivity index (χ0v) is 20.3.